The molecule has 2 N–H and O–H groups in total. The van der Waals surface area contributed by atoms with E-state index in [0.717, 1.165) is 23.2 Å². The average molecular weight is 318 g/mol. The van der Waals surface area contributed by atoms with Crippen LogP contribution in [0.4, 0.5) is 0 Å². The maximum absolute atomic E-state index is 9.08. The second-order valence-corrected chi connectivity index (χ2v) is 5.07. The highest BCUT2D eigenvalue weighted by Crippen LogP contribution is 2.25. The molecule has 0 fully saturated rings. The molecule has 0 aliphatic carbocycles. The van der Waals surface area contributed by atoms with Gasteiger partial charge in [0.15, 0.2) is 0 Å². The summed E-state index contributed by atoms with van der Waals surface area (Å²) in [5.74, 6) is 0.815. The Kier molecular flexibility index (Phi) is 6.63. The van der Waals surface area contributed by atoms with Gasteiger partial charge < -0.3 is 14.9 Å². The second-order valence-electron chi connectivity index (χ2n) is 4.22. The molecule has 1 aromatic carbocycles. The second kappa shape index (κ2) is 7.74. The van der Waals surface area contributed by atoms with Crippen LogP contribution >= 0.6 is 15.9 Å². The lowest BCUT2D eigenvalue weighted by atomic mass is 10.1. The summed E-state index contributed by atoms with van der Waals surface area (Å²) in [4.78, 5) is 1.96. The Morgan fingerprint density at radius 3 is 2.50 bits per heavy atom. The summed E-state index contributed by atoms with van der Waals surface area (Å²) >= 11 is 3.45. The molecular weight excluding hydrogens is 298 g/mol. The summed E-state index contributed by atoms with van der Waals surface area (Å²) < 4.78 is 6.11. The van der Waals surface area contributed by atoms with E-state index in [-0.39, 0.29) is 19.3 Å². The van der Waals surface area contributed by atoms with E-state index in [2.05, 4.69) is 15.9 Å². The van der Waals surface area contributed by atoms with Gasteiger partial charge in [0.05, 0.1) is 30.8 Å². The SMILES string of the molecule is COc1ccc(CCN(C)C(CO)CO)cc1Br. The number of methoxy groups -OCH3 is 1. The number of hydrogen-bond acceptors (Lipinski definition) is 4. The molecule has 18 heavy (non-hydrogen) atoms. The van der Waals surface area contributed by atoms with E-state index in [4.69, 9.17) is 14.9 Å². The number of aliphatic hydroxyl groups is 2. The van der Waals surface area contributed by atoms with Crippen molar-refractivity contribution in [3.05, 3.63) is 28.2 Å². The van der Waals surface area contributed by atoms with Crippen LogP contribution in [0, 0.1) is 0 Å². The molecule has 0 saturated carbocycles. The van der Waals surface area contributed by atoms with E-state index >= 15 is 0 Å². The smallest absolute Gasteiger partial charge is 0.133 e. The molecular formula is C13H20BrNO3. The van der Waals surface area contributed by atoms with E-state index in [1.807, 2.05) is 30.1 Å². The predicted molar refractivity (Wildman–Crippen MR) is 75.0 cm³/mol. The molecule has 0 aliphatic heterocycles. The normalized spacial score (nSPS) is 11.3. The lowest BCUT2D eigenvalue weighted by Crippen LogP contribution is -2.38. The molecule has 4 nitrogen and oxygen atoms in total. The Labute approximate surface area is 116 Å². The molecule has 0 unspecified atom stereocenters. The van der Waals surface area contributed by atoms with Crippen molar-refractivity contribution in [1.82, 2.24) is 4.90 Å². The minimum absolute atomic E-state index is 0.0285. The maximum Gasteiger partial charge on any atom is 0.133 e. The Morgan fingerprint density at radius 2 is 2.00 bits per heavy atom. The third-order valence-electron chi connectivity index (χ3n) is 3.01. The number of hydrogen-bond donors (Lipinski definition) is 2. The van der Waals surface area contributed by atoms with Crippen LogP contribution in [-0.4, -0.2) is 55.1 Å². The molecule has 1 rings (SSSR count). The van der Waals surface area contributed by atoms with Gasteiger partial charge in [-0.2, -0.15) is 0 Å². The zero-order valence-corrected chi connectivity index (χ0v) is 12.4. The molecule has 0 heterocycles. The molecule has 0 atom stereocenters. The van der Waals surface area contributed by atoms with Crippen LogP contribution in [0.2, 0.25) is 0 Å². The summed E-state index contributed by atoms with van der Waals surface area (Å²) in [7, 11) is 3.54. The number of aliphatic hydroxyl groups excluding tert-OH is 2. The molecule has 0 radical (unpaired) electrons. The number of halogens is 1. The van der Waals surface area contributed by atoms with Gasteiger partial charge in [-0.15, -0.1) is 0 Å². The van der Waals surface area contributed by atoms with Crippen molar-refractivity contribution < 1.29 is 14.9 Å². The van der Waals surface area contributed by atoms with Crippen LogP contribution in [0.25, 0.3) is 0 Å². The van der Waals surface area contributed by atoms with E-state index in [1.165, 1.54) is 5.56 Å². The van der Waals surface area contributed by atoms with Crippen molar-refractivity contribution in [1.29, 1.82) is 0 Å². The van der Waals surface area contributed by atoms with Crippen LogP contribution < -0.4 is 4.74 Å². The van der Waals surface area contributed by atoms with Crippen LogP contribution in [0.3, 0.4) is 0 Å². The zero-order chi connectivity index (χ0) is 13.5. The monoisotopic (exact) mass is 317 g/mol. The summed E-state index contributed by atoms with van der Waals surface area (Å²) in [6.07, 6.45) is 0.857. The Morgan fingerprint density at radius 1 is 1.33 bits per heavy atom. The van der Waals surface area contributed by atoms with E-state index in [9.17, 15) is 0 Å². The van der Waals surface area contributed by atoms with Crippen LogP contribution in [0.15, 0.2) is 22.7 Å². The van der Waals surface area contributed by atoms with Crippen LogP contribution in [-0.2, 0) is 6.42 Å². The van der Waals surface area contributed by atoms with Gasteiger partial charge in [-0.1, -0.05) is 6.07 Å². The van der Waals surface area contributed by atoms with Gasteiger partial charge in [0.25, 0.3) is 0 Å². The van der Waals surface area contributed by atoms with Crippen molar-refractivity contribution in [2.24, 2.45) is 0 Å². The topological polar surface area (TPSA) is 52.9 Å². The number of rotatable bonds is 7. The molecule has 102 valence electrons. The molecule has 1 aromatic rings. The molecule has 0 bridgehead atoms. The van der Waals surface area contributed by atoms with Gasteiger partial charge in [0.1, 0.15) is 5.75 Å². The van der Waals surface area contributed by atoms with Crippen molar-refractivity contribution >= 4 is 15.9 Å². The lowest BCUT2D eigenvalue weighted by molar-refractivity contribution is 0.0925. The van der Waals surface area contributed by atoms with Gasteiger partial charge in [-0.25, -0.2) is 0 Å². The summed E-state index contributed by atoms with van der Waals surface area (Å²) in [6.45, 7) is 0.725. The zero-order valence-electron chi connectivity index (χ0n) is 10.8. The first-order valence-corrected chi connectivity index (χ1v) is 6.66. The van der Waals surface area contributed by atoms with E-state index in [0.29, 0.717) is 0 Å². The predicted octanol–water partition coefficient (Wildman–Crippen LogP) is 1.29. The highest BCUT2D eigenvalue weighted by molar-refractivity contribution is 9.10. The van der Waals surface area contributed by atoms with Gasteiger partial charge in [-0.3, -0.25) is 4.90 Å². The minimum Gasteiger partial charge on any atom is -0.496 e. The molecule has 0 aromatic heterocycles. The summed E-state index contributed by atoms with van der Waals surface area (Å²) in [6, 6.07) is 5.78. The Bertz CT molecular complexity index is 369. The highest BCUT2D eigenvalue weighted by Gasteiger charge is 2.12. The largest absolute Gasteiger partial charge is 0.496 e. The first-order valence-electron chi connectivity index (χ1n) is 5.86. The molecule has 5 heteroatoms. The van der Waals surface area contributed by atoms with Crippen molar-refractivity contribution in [2.45, 2.75) is 12.5 Å². The number of benzene rings is 1. The quantitative estimate of drug-likeness (QED) is 0.795. The third kappa shape index (κ3) is 4.24. The standard InChI is InChI=1S/C13H20BrNO3/c1-15(11(8-16)9-17)6-5-10-3-4-13(18-2)12(14)7-10/h3-4,7,11,16-17H,5-6,8-9H2,1-2H3. The molecule has 0 amide bonds. The lowest BCUT2D eigenvalue weighted by Gasteiger charge is -2.24. The number of likely N-dealkylation sites (N-methyl/N-ethyl adjacent to an activating group) is 1. The Balaban J connectivity index is 2.55. The van der Waals surface area contributed by atoms with E-state index < -0.39 is 0 Å². The molecule has 0 spiro atoms. The Hall–Kier alpha value is -0.620. The first-order chi connectivity index (χ1) is 8.62. The molecule has 0 aliphatic rings. The summed E-state index contributed by atoms with van der Waals surface area (Å²) in [5, 5.41) is 18.2. The van der Waals surface area contributed by atoms with Gasteiger partial charge in [-0.05, 0) is 47.1 Å². The van der Waals surface area contributed by atoms with Gasteiger partial charge >= 0.3 is 0 Å². The number of ether oxygens (including phenoxy) is 1. The first kappa shape index (κ1) is 15.4. The van der Waals surface area contributed by atoms with Crippen LogP contribution in [0.5, 0.6) is 5.75 Å². The fourth-order valence-electron chi connectivity index (χ4n) is 1.69. The van der Waals surface area contributed by atoms with Gasteiger partial charge in [0, 0.05) is 6.54 Å². The summed E-state index contributed by atoms with van der Waals surface area (Å²) in [5.41, 5.74) is 1.18. The van der Waals surface area contributed by atoms with Crippen molar-refractivity contribution in [2.75, 3.05) is 33.9 Å². The van der Waals surface area contributed by atoms with Crippen molar-refractivity contribution in [3.8, 4) is 5.75 Å². The fraction of sp³-hybridized carbons (Fsp3) is 0.538. The average Bonchev–Trinajstić information content (AvgIpc) is 2.38. The highest BCUT2D eigenvalue weighted by atomic mass is 79.9. The third-order valence-corrected chi connectivity index (χ3v) is 3.63. The molecule has 0 saturated heterocycles. The minimum atomic E-state index is -0.188. The van der Waals surface area contributed by atoms with Gasteiger partial charge in [0.2, 0.25) is 0 Å². The van der Waals surface area contributed by atoms with Crippen LogP contribution in [0.1, 0.15) is 5.56 Å². The van der Waals surface area contributed by atoms with E-state index in [1.54, 1.807) is 7.11 Å². The van der Waals surface area contributed by atoms with Crippen molar-refractivity contribution in [3.63, 3.8) is 0 Å². The maximum atomic E-state index is 9.08. The fourth-order valence-corrected chi connectivity index (χ4v) is 2.28. The number of nitrogens with zero attached hydrogens (tertiary/aromatic N) is 1.